The average Bonchev–Trinajstić information content (AvgIpc) is 2.58. The SMILES string of the molecule is CSCCNC(=NCc1cc(Cl)ccc1OC(F)F)NCC(=O)N(C)C.I. The zero-order valence-electron chi connectivity index (χ0n) is 15.3. The third-order valence-corrected chi connectivity index (χ3v) is 4.00. The van der Waals surface area contributed by atoms with Crippen molar-refractivity contribution in [2.24, 2.45) is 4.99 Å². The number of carbonyl (C=O) groups is 1. The van der Waals surface area contributed by atoms with Crippen LogP contribution in [0.25, 0.3) is 0 Å². The van der Waals surface area contributed by atoms with Crippen molar-refractivity contribution in [2.75, 3.05) is 39.2 Å². The maximum atomic E-state index is 12.5. The number of hydrogen-bond donors (Lipinski definition) is 2. The van der Waals surface area contributed by atoms with Crippen LogP contribution >= 0.6 is 47.3 Å². The number of amides is 1. The Kier molecular flexibility index (Phi) is 13.5. The van der Waals surface area contributed by atoms with Crippen molar-refractivity contribution in [2.45, 2.75) is 13.2 Å². The fourth-order valence-electron chi connectivity index (χ4n) is 1.81. The Morgan fingerprint density at radius 2 is 2.07 bits per heavy atom. The number of likely N-dealkylation sites (N-methyl/N-ethyl adjacent to an activating group) is 1. The van der Waals surface area contributed by atoms with E-state index in [0.717, 1.165) is 5.75 Å². The van der Waals surface area contributed by atoms with E-state index in [4.69, 9.17) is 11.6 Å². The number of ether oxygens (including phenoxy) is 1. The first-order valence-corrected chi connectivity index (χ1v) is 9.55. The topological polar surface area (TPSA) is 66.0 Å². The minimum atomic E-state index is -2.94. The second kappa shape index (κ2) is 14.1. The van der Waals surface area contributed by atoms with E-state index in [2.05, 4.69) is 20.4 Å². The number of aliphatic imine (C=N–C) groups is 1. The van der Waals surface area contributed by atoms with Crippen LogP contribution in [0.2, 0.25) is 5.02 Å². The third-order valence-electron chi connectivity index (χ3n) is 3.15. The molecule has 2 N–H and O–H groups in total. The molecule has 0 saturated heterocycles. The van der Waals surface area contributed by atoms with Gasteiger partial charge in [0.1, 0.15) is 5.75 Å². The first kappa shape index (κ1) is 26.0. The summed E-state index contributed by atoms with van der Waals surface area (Å²) in [5.41, 5.74) is 0.419. The van der Waals surface area contributed by atoms with Gasteiger partial charge in [-0.15, -0.1) is 24.0 Å². The number of benzene rings is 1. The highest BCUT2D eigenvalue weighted by Gasteiger charge is 2.11. The van der Waals surface area contributed by atoms with Gasteiger partial charge in [-0.25, -0.2) is 4.99 Å². The summed E-state index contributed by atoms with van der Waals surface area (Å²) in [6, 6.07) is 4.37. The van der Waals surface area contributed by atoms with Crippen LogP contribution in [-0.4, -0.2) is 62.6 Å². The van der Waals surface area contributed by atoms with E-state index in [1.54, 1.807) is 25.9 Å². The predicted octanol–water partition coefficient (Wildman–Crippen LogP) is 3.05. The maximum Gasteiger partial charge on any atom is 0.387 e. The molecule has 6 nitrogen and oxygen atoms in total. The van der Waals surface area contributed by atoms with Crippen molar-refractivity contribution in [1.29, 1.82) is 0 Å². The largest absolute Gasteiger partial charge is 0.434 e. The van der Waals surface area contributed by atoms with Crippen LogP contribution < -0.4 is 15.4 Å². The maximum absolute atomic E-state index is 12.5. The highest BCUT2D eigenvalue weighted by atomic mass is 127. The van der Waals surface area contributed by atoms with Gasteiger partial charge in [-0.3, -0.25) is 4.79 Å². The van der Waals surface area contributed by atoms with Gasteiger partial charge in [-0.1, -0.05) is 11.6 Å². The Bertz CT molecular complexity index is 624. The molecule has 0 heterocycles. The zero-order valence-corrected chi connectivity index (χ0v) is 19.2. The third kappa shape index (κ3) is 10.8. The average molecular weight is 537 g/mol. The summed E-state index contributed by atoms with van der Waals surface area (Å²) in [5.74, 6) is 1.14. The van der Waals surface area contributed by atoms with Crippen LogP contribution in [0.3, 0.4) is 0 Å². The van der Waals surface area contributed by atoms with E-state index in [1.807, 2.05) is 6.26 Å². The Hall–Kier alpha value is -1.01. The molecule has 0 atom stereocenters. The lowest BCUT2D eigenvalue weighted by Gasteiger charge is -2.15. The summed E-state index contributed by atoms with van der Waals surface area (Å²) in [6.07, 6.45) is 1.97. The van der Waals surface area contributed by atoms with Gasteiger partial charge in [0, 0.05) is 37.0 Å². The molecule has 0 radical (unpaired) electrons. The van der Waals surface area contributed by atoms with E-state index in [1.165, 1.54) is 23.1 Å². The number of nitrogens with zero attached hydrogens (tertiary/aromatic N) is 2. The Labute approximate surface area is 184 Å². The number of guanidine groups is 1. The number of alkyl halides is 2. The Morgan fingerprint density at radius 3 is 2.67 bits per heavy atom. The molecule has 0 aliphatic carbocycles. The lowest BCUT2D eigenvalue weighted by Crippen LogP contribution is -2.43. The zero-order chi connectivity index (χ0) is 19.5. The van der Waals surface area contributed by atoms with Gasteiger partial charge in [0.25, 0.3) is 0 Å². The number of carbonyl (C=O) groups excluding carboxylic acids is 1. The van der Waals surface area contributed by atoms with Gasteiger partial charge in [0.05, 0.1) is 13.1 Å². The molecular formula is C16H24ClF2IN4O2S. The fourth-order valence-corrected chi connectivity index (χ4v) is 2.31. The summed E-state index contributed by atoms with van der Waals surface area (Å²) >= 11 is 7.59. The van der Waals surface area contributed by atoms with Crippen molar-refractivity contribution in [3.05, 3.63) is 28.8 Å². The molecule has 1 amide bonds. The van der Waals surface area contributed by atoms with E-state index in [9.17, 15) is 13.6 Å². The normalized spacial score (nSPS) is 11.0. The van der Waals surface area contributed by atoms with Crippen molar-refractivity contribution in [3.8, 4) is 5.75 Å². The van der Waals surface area contributed by atoms with Gasteiger partial charge in [0.2, 0.25) is 5.91 Å². The molecule has 0 bridgehead atoms. The van der Waals surface area contributed by atoms with Crippen LogP contribution in [-0.2, 0) is 11.3 Å². The molecule has 0 aromatic heterocycles. The lowest BCUT2D eigenvalue weighted by atomic mass is 10.2. The first-order chi connectivity index (χ1) is 12.3. The van der Waals surface area contributed by atoms with E-state index in [-0.39, 0.29) is 48.7 Å². The van der Waals surface area contributed by atoms with Crippen LogP contribution in [0, 0.1) is 0 Å². The molecule has 0 unspecified atom stereocenters. The molecule has 0 aliphatic rings. The van der Waals surface area contributed by atoms with Crippen LogP contribution in [0.5, 0.6) is 5.75 Å². The second-order valence-corrected chi connectivity index (χ2v) is 6.78. The molecule has 1 aromatic carbocycles. The number of thioether (sulfide) groups is 1. The number of hydrogen-bond acceptors (Lipinski definition) is 4. The monoisotopic (exact) mass is 536 g/mol. The molecule has 27 heavy (non-hydrogen) atoms. The molecule has 0 fully saturated rings. The minimum Gasteiger partial charge on any atom is -0.434 e. The molecule has 154 valence electrons. The summed E-state index contributed by atoms with van der Waals surface area (Å²) in [4.78, 5) is 17.5. The summed E-state index contributed by atoms with van der Waals surface area (Å²) in [5, 5.41) is 6.40. The van der Waals surface area contributed by atoms with Gasteiger partial charge in [-0.05, 0) is 24.5 Å². The molecular weight excluding hydrogens is 513 g/mol. The molecule has 1 rings (SSSR count). The van der Waals surface area contributed by atoms with Gasteiger partial charge in [-0.2, -0.15) is 20.5 Å². The van der Waals surface area contributed by atoms with Crippen molar-refractivity contribution >= 4 is 59.2 Å². The molecule has 1 aromatic rings. The smallest absolute Gasteiger partial charge is 0.387 e. The summed E-state index contributed by atoms with van der Waals surface area (Å²) in [7, 11) is 3.31. The van der Waals surface area contributed by atoms with Crippen molar-refractivity contribution in [1.82, 2.24) is 15.5 Å². The van der Waals surface area contributed by atoms with Crippen LogP contribution in [0.1, 0.15) is 5.56 Å². The standard InChI is InChI=1S/C16H23ClF2N4O2S.HI/c1-23(2)14(24)10-22-16(20-6-7-26-3)21-9-11-8-12(17)4-5-13(11)25-15(18)19;/h4-5,8,15H,6-7,9-10H2,1-3H3,(H2,20,21,22);1H. The molecule has 0 spiro atoms. The summed E-state index contributed by atoms with van der Waals surface area (Å²) < 4.78 is 29.6. The predicted molar refractivity (Wildman–Crippen MR) is 118 cm³/mol. The van der Waals surface area contributed by atoms with Crippen LogP contribution in [0.4, 0.5) is 8.78 Å². The number of nitrogens with one attached hydrogen (secondary N) is 2. The van der Waals surface area contributed by atoms with Crippen LogP contribution in [0.15, 0.2) is 23.2 Å². The van der Waals surface area contributed by atoms with E-state index in [0.29, 0.717) is 23.1 Å². The second-order valence-electron chi connectivity index (χ2n) is 5.36. The van der Waals surface area contributed by atoms with E-state index >= 15 is 0 Å². The highest BCUT2D eigenvalue weighted by molar-refractivity contribution is 14.0. The molecule has 0 aliphatic heterocycles. The van der Waals surface area contributed by atoms with E-state index < -0.39 is 6.61 Å². The van der Waals surface area contributed by atoms with Gasteiger partial charge < -0.3 is 20.3 Å². The fraction of sp³-hybridized carbons (Fsp3) is 0.500. The Balaban J connectivity index is 0.00000676. The van der Waals surface area contributed by atoms with Gasteiger partial charge in [0.15, 0.2) is 5.96 Å². The van der Waals surface area contributed by atoms with Crippen molar-refractivity contribution in [3.63, 3.8) is 0 Å². The summed E-state index contributed by atoms with van der Waals surface area (Å²) in [6.45, 7) is -2.17. The molecule has 11 heteroatoms. The quantitative estimate of drug-likeness (QED) is 0.220. The van der Waals surface area contributed by atoms with Crippen molar-refractivity contribution < 1.29 is 18.3 Å². The Morgan fingerprint density at radius 1 is 1.37 bits per heavy atom. The number of rotatable bonds is 9. The first-order valence-electron chi connectivity index (χ1n) is 7.78. The highest BCUT2D eigenvalue weighted by Crippen LogP contribution is 2.25. The molecule has 0 saturated carbocycles. The lowest BCUT2D eigenvalue weighted by molar-refractivity contribution is -0.127. The van der Waals surface area contributed by atoms with Gasteiger partial charge >= 0.3 is 6.61 Å². The number of halogens is 4. The minimum absolute atomic E-state index is 0.